The summed E-state index contributed by atoms with van der Waals surface area (Å²) in [5, 5.41) is 0. The fourth-order valence-electron chi connectivity index (χ4n) is 10.1. The molecule has 4 nitrogen and oxygen atoms in total. The van der Waals surface area contributed by atoms with E-state index in [4.69, 9.17) is 15.2 Å². The minimum Gasteiger partial charge on any atom is -0.434 e. The summed E-state index contributed by atoms with van der Waals surface area (Å²) in [4.78, 5) is 12.4. The van der Waals surface area contributed by atoms with E-state index in [1.54, 1.807) is 5.57 Å². The van der Waals surface area contributed by atoms with E-state index in [1.807, 2.05) is 0 Å². The highest BCUT2D eigenvalue weighted by atomic mass is 16.7. The molecule has 0 aliphatic heterocycles. The number of carbonyl (C=O) groups excluding carboxylic acids is 1. The Kier molecular flexibility index (Phi) is 11.4. The summed E-state index contributed by atoms with van der Waals surface area (Å²) >= 11 is 0. The molecule has 0 unspecified atom stereocenters. The molecule has 0 bridgehead atoms. The van der Waals surface area contributed by atoms with Crippen LogP contribution in [-0.4, -0.2) is 18.9 Å². The lowest BCUT2D eigenvalue weighted by Gasteiger charge is -2.58. The van der Waals surface area contributed by atoms with Crippen LogP contribution in [0.15, 0.2) is 23.9 Å². The van der Waals surface area contributed by atoms with Crippen molar-refractivity contribution in [2.45, 2.75) is 150 Å². The van der Waals surface area contributed by atoms with Gasteiger partial charge in [0.1, 0.15) is 6.10 Å². The van der Waals surface area contributed by atoms with Crippen LogP contribution in [0.5, 0.6) is 0 Å². The average Bonchev–Trinajstić information content (AvgIpc) is 3.27. The molecule has 2 N–H and O–H groups in total. The van der Waals surface area contributed by atoms with Crippen molar-refractivity contribution < 1.29 is 14.3 Å². The van der Waals surface area contributed by atoms with Gasteiger partial charge in [0, 0.05) is 12.1 Å². The SMILES string of the molecule is C=C(N)CCCCCCCOC(=O)O[C@H]1CC[C@@]2(C)C(=CC[C@H]3[C@@H]4CC[C@H]([C@H](C)CCCC(C)C)[C@@]4(C)CC[C@@H]32)C1. The molecule has 0 amide bonds. The predicted molar refractivity (Wildman–Crippen MR) is 170 cm³/mol. The first kappa shape index (κ1) is 32.5. The second kappa shape index (κ2) is 14.3. The van der Waals surface area contributed by atoms with E-state index in [-0.39, 0.29) is 11.5 Å². The summed E-state index contributed by atoms with van der Waals surface area (Å²) in [5.74, 6) is 5.12. The minimum absolute atomic E-state index is 0.0286. The number of ether oxygens (including phenoxy) is 2. The monoisotopic (exact) mass is 569 g/mol. The quantitative estimate of drug-likeness (QED) is 0.128. The van der Waals surface area contributed by atoms with Crippen molar-refractivity contribution in [1.29, 1.82) is 0 Å². The van der Waals surface area contributed by atoms with Gasteiger partial charge in [-0.3, -0.25) is 0 Å². The molecule has 3 saturated carbocycles. The second-order valence-electron chi connectivity index (χ2n) is 15.5. The van der Waals surface area contributed by atoms with Gasteiger partial charge in [-0.15, -0.1) is 0 Å². The Balaban J connectivity index is 1.24. The van der Waals surface area contributed by atoms with Crippen LogP contribution >= 0.6 is 0 Å². The third-order valence-electron chi connectivity index (χ3n) is 12.4. The lowest BCUT2D eigenvalue weighted by Crippen LogP contribution is -2.51. The van der Waals surface area contributed by atoms with Crippen molar-refractivity contribution in [3.8, 4) is 0 Å². The maximum absolute atomic E-state index is 12.4. The zero-order valence-electron chi connectivity index (χ0n) is 27.4. The lowest BCUT2D eigenvalue weighted by molar-refractivity contribution is -0.0617. The molecule has 0 spiro atoms. The summed E-state index contributed by atoms with van der Waals surface area (Å²) in [7, 11) is 0. The highest BCUT2D eigenvalue weighted by Crippen LogP contribution is 2.67. The largest absolute Gasteiger partial charge is 0.508 e. The molecule has 4 heteroatoms. The van der Waals surface area contributed by atoms with E-state index in [2.05, 4.69) is 47.3 Å². The normalized spacial score (nSPS) is 35.2. The first-order valence-corrected chi connectivity index (χ1v) is 17.5. The van der Waals surface area contributed by atoms with E-state index in [9.17, 15) is 4.79 Å². The van der Waals surface area contributed by atoms with Crippen LogP contribution in [0.2, 0.25) is 0 Å². The fraction of sp³-hybridized carbons (Fsp3) is 0.865. The molecule has 3 fully saturated rings. The molecule has 4 rings (SSSR count). The van der Waals surface area contributed by atoms with Gasteiger partial charge < -0.3 is 15.2 Å². The van der Waals surface area contributed by atoms with Crippen LogP contribution in [0.3, 0.4) is 0 Å². The molecule has 0 saturated heterocycles. The molecule has 0 aromatic carbocycles. The van der Waals surface area contributed by atoms with E-state index in [0.29, 0.717) is 12.0 Å². The zero-order chi connectivity index (χ0) is 29.6. The summed E-state index contributed by atoms with van der Waals surface area (Å²) in [5.41, 5.74) is 8.78. The molecule has 0 aromatic heterocycles. The summed E-state index contributed by atoms with van der Waals surface area (Å²) in [6.45, 7) is 16.7. The molecule has 0 radical (unpaired) electrons. The van der Waals surface area contributed by atoms with Crippen LogP contribution in [0.25, 0.3) is 0 Å². The van der Waals surface area contributed by atoms with Crippen LogP contribution < -0.4 is 5.73 Å². The molecule has 234 valence electrons. The number of hydrogen-bond acceptors (Lipinski definition) is 4. The number of hydrogen-bond donors (Lipinski definition) is 1. The topological polar surface area (TPSA) is 61.5 Å². The smallest absolute Gasteiger partial charge is 0.434 e. The van der Waals surface area contributed by atoms with Gasteiger partial charge in [0.25, 0.3) is 0 Å². The Morgan fingerprint density at radius 1 is 0.976 bits per heavy atom. The van der Waals surface area contributed by atoms with Crippen LogP contribution in [0.1, 0.15) is 144 Å². The van der Waals surface area contributed by atoms with Crippen molar-refractivity contribution in [3.63, 3.8) is 0 Å². The Morgan fingerprint density at radius 2 is 1.73 bits per heavy atom. The van der Waals surface area contributed by atoms with E-state index >= 15 is 0 Å². The zero-order valence-corrected chi connectivity index (χ0v) is 27.4. The number of nitrogens with two attached hydrogens (primary N) is 1. The third kappa shape index (κ3) is 7.74. The van der Waals surface area contributed by atoms with Gasteiger partial charge in [-0.1, -0.05) is 91.4 Å². The van der Waals surface area contributed by atoms with Gasteiger partial charge in [-0.05, 0) is 111 Å². The standard InChI is InChI=1S/C37H63NO3/c1-26(2)13-12-14-27(3)32-18-19-33-31-17-16-29-25-30(20-22-36(29,5)34(31)21-23-37(32,33)6)41-35(39)40-24-11-9-7-8-10-15-28(4)38/h16,26-27,30-34H,4,7-15,17-25,38H2,1-3,5-6H3/t27-,30+,31+,32-,33+,34+,36+,37-/m1/s1. The van der Waals surface area contributed by atoms with Crippen LogP contribution in [0.4, 0.5) is 4.79 Å². The van der Waals surface area contributed by atoms with Crippen LogP contribution in [0, 0.1) is 46.3 Å². The lowest BCUT2D eigenvalue weighted by atomic mass is 9.47. The highest BCUT2D eigenvalue weighted by Gasteiger charge is 2.59. The van der Waals surface area contributed by atoms with E-state index in [0.717, 1.165) is 99.0 Å². The number of carbonyl (C=O) groups is 1. The van der Waals surface area contributed by atoms with Gasteiger partial charge in [-0.2, -0.15) is 0 Å². The summed E-state index contributed by atoms with van der Waals surface area (Å²) in [6, 6.07) is 0. The number of rotatable bonds is 14. The van der Waals surface area contributed by atoms with Crippen molar-refractivity contribution in [2.75, 3.05) is 6.61 Å². The van der Waals surface area contributed by atoms with Gasteiger partial charge in [-0.25, -0.2) is 4.79 Å². The van der Waals surface area contributed by atoms with Gasteiger partial charge in [0.15, 0.2) is 0 Å². The van der Waals surface area contributed by atoms with E-state index < -0.39 is 6.16 Å². The van der Waals surface area contributed by atoms with E-state index in [1.165, 1.54) is 51.4 Å². The van der Waals surface area contributed by atoms with Crippen molar-refractivity contribution in [3.05, 3.63) is 23.9 Å². The Labute approximate surface area is 252 Å². The first-order valence-electron chi connectivity index (χ1n) is 17.5. The number of unbranched alkanes of at least 4 members (excludes halogenated alkanes) is 4. The Bertz CT molecular complexity index is 910. The number of fused-ring (bicyclic) bond motifs is 5. The Hall–Kier alpha value is -1.45. The molecule has 41 heavy (non-hydrogen) atoms. The molecular formula is C37H63NO3. The maximum atomic E-state index is 12.4. The minimum atomic E-state index is -0.472. The number of allylic oxidation sites excluding steroid dienone is 2. The average molecular weight is 570 g/mol. The van der Waals surface area contributed by atoms with Gasteiger partial charge in [0.2, 0.25) is 0 Å². The molecule has 0 aromatic rings. The van der Waals surface area contributed by atoms with Crippen molar-refractivity contribution in [2.24, 2.45) is 52.1 Å². The van der Waals surface area contributed by atoms with Gasteiger partial charge in [0.05, 0.1) is 6.61 Å². The fourth-order valence-corrected chi connectivity index (χ4v) is 10.1. The second-order valence-corrected chi connectivity index (χ2v) is 15.5. The van der Waals surface area contributed by atoms with Crippen molar-refractivity contribution in [1.82, 2.24) is 0 Å². The third-order valence-corrected chi connectivity index (χ3v) is 12.4. The maximum Gasteiger partial charge on any atom is 0.508 e. The molecule has 4 aliphatic rings. The van der Waals surface area contributed by atoms with Gasteiger partial charge >= 0.3 is 6.16 Å². The summed E-state index contributed by atoms with van der Waals surface area (Å²) < 4.78 is 11.3. The molecular weight excluding hydrogens is 506 g/mol. The molecule has 8 atom stereocenters. The predicted octanol–water partition coefficient (Wildman–Crippen LogP) is 10.4. The Morgan fingerprint density at radius 3 is 2.49 bits per heavy atom. The first-order chi connectivity index (χ1) is 19.5. The highest BCUT2D eigenvalue weighted by molar-refractivity contribution is 5.60. The molecule has 4 aliphatic carbocycles. The molecule has 0 heterocycles. The summed E-state index contributed by atoms with van der Waals surface area (Å²) in [6.07, 6.45) is 22.5. The van der Waals surface area contributed by atoms with Crippen LogP contribution in [-0.2, 0) is 9.47 Å². The van der Waals surface area contributed by atoms with Crippen molar-refractivity contribution >= 4 is 6.16 Å².